The number of hydrogen-bond donors (Lipinski definition) is 1. The first-order valence-corrected chi connectivity index (χ1v) is 6.42. The summed E-state index contributed by atoms with van der Waals surface area (Å²) in [5, 5.41) is 15.0. The zero-order valence-corrected chi connectivity index (χ0v) is 9.11. The third kappa shape index (κ3) is 2.38. The summed E-state index contributed by atoms with van der Waals surface area (Å²) < 4.78 is 28.1. The van der Waals surface area contributed by atoms with Crippen molar-refractivity contribution in [2.24, 2.45) is 0 Å². The third-order valence-corrected chi connectivity index (χ3v) is 3.64. The zero-order chi connectivity index (χ0) is 11.8. The lowest BCUT2D eigenvalue weighted by atomic mass is 10.4. The minimum Gasteiger partial charge on any atom is -0.481 e. The number of nitrogens with zero attached hydrogens (tertiary/aromatic N) is 2. The number of carbonyl (C=O) groups is 1. The first-order chi connectivity index (χ1) is 7.49. The van der Waals surface area contributed by atoms with Gasteiger partial charge in [0.25, 0.3) is 0 Å². The fourth-order valence-electron chi connectivity index (χ4n) is 1.15. The molecule has 0 bridgehead atoms. The van der Waals surface area contributed by atoms with E-state index >= 15 is 0 Å². The number of hydrogen-bond acceptors (Lipinski definition) is 6. The molecule has 0 amide bonds. The molecule has 0 aromatic carbocycles. The molecule has 88 valence electrons. The van der Waals surface area contributed by atoms with Crippen LogP contribution in [0.5, 0.6) is 0 Å². The van der Waals surface area contributed by atoms with Crippen LogP contribution in [0.15, 0.2) is 9.64 Å². The normalized spacial score (nSPS) is 16.2. The average molecular weight is 246 g/mol. The van der Waals surface area contributed by atoms with Gasteiger partial charge in [-0.15, -0.1) is 5.10 Å². The second kappa shape index (κ2) is 3.85. The monoisotopic (exact) mass is 246 g/mol. The maximum absolute atomic E-state index is 11.5. The quantitative estimate of drug-likeness (QED) is 0.789. The molecule has 1 aliphatic rings. The van der Waals surface area contributed by atoms with Crippen LogP contribution in [0, 0.1) is 0 Å². The highest BCUT2D eigenvalue weighted by Crippen LogP contribution is 2.39. The van der Waals surface area contributed by atoms with Crippen molar-refractivity contribution in [2.75, 3.05) is 5.75 Å². The van der Waals surface area contributed by atoms with E-state index in [-0.39, 0.29) is 5.92 Å². The van der Waals surface area contributed by atoms with Crippen molar-refractivity contribution >= 4 is 15.8 Å². The van der Waals surface area contributed by atoms with Crippen molar-refractivity contribution < 1.29 is 22.7 Å². The van der Waals surface area contributed by atoms with Gasteiger partial charge in [-0.2, -0.15) is 0 Å². The van der Waals surface area contributed by atoms with Crippen LogP contribution in [0.2, 0.25) is 0 Å². The molecule has 1 heterocycles. The lowest BCUT2D eigenvalue weighted by Gasteiger charge is -1.95. The molecular weight excluding hydrogens is 236 g/mol. The van der Waals surface area contributed by atoms with Gasteiger partial charge in [0.05, 0.1) is 12.2 Å². The van der Waals surface area contributed by atoms with Gasteiger partial charge in [0.1, 0.15) is 0 Å². The Morgan fingerprint density at radius 3 is 2.69 bits per heavy atom. The minimum absolute atomic E-state index is 0.177. The molecule has 1 aliphatic carbocycles. The molecule has 1 aromatic heterocycles. The molecule has 0 spiro atoms. The van der Waals surface area contributed by atoms with E-state index in [0.717, 1.165) is 12.8 Å². The minimum atomic E-state index is -3.76. The number of carboxylic acids is 1. The van der Waals surface area contributed by atoms with Crippen molar-refractivity contribution in [3.63, 3.8) is 0 Å². The molecule has 1 aromatic rings. The molecule has 16 heavy (non-hydrogen) atoms. The molecule has 1 fully saturated rings. The Morgan fingerprint density at radius 2 is 2.12 bits per heavy atom. The first kappa shape index (κ1) is 11.1. The highest BCUT2D eigenvalue weighted by molar-refractivity contribution is 7.91. The van der Waals surface area contributed by atoms with Crippen molar-refractivity contribution in [3.05, 3.63) is 5.89 Å². The lowest BCUT2D eigenvalue weighted by molar-refractivity contribution is -0.136. The summed E-state index contributed by atoms with van der Waals surface area (Å²) >= 11 is 0. The summed E-state index contributed by atoms with van der Waals surface area (Å²) in [6, 6.07) is 0. The van der Waals surface area contributed by atoms with E-state index in [1.54, 1.807) is 0 Å². The van der Waals surface area contributed by atoms with Crippen molar-refractivity contribution in [1.29, 1.82) is 0 Å². The van der Waals surface area contributed by atoms with Crippen LogP contribution >= 0.6 is 0 Å². The Hall–Kier alpha value is -1.44. The number of carboxylic acid groups (broad SMARTS) is 1. The van der Waals surface area contributed by atoms with Gasteiger partial charge in [0.2, 0.25) is 15.7 Å². The molecule has 8 heteroatoms. The summed E-state index contributed by atoms with van der Waals surface area (Å²) in [6.07, 6.45) is 1.39. The van der Waals surface area contributed by atoms with E-state index in [9.17, 15) is 13.2 Å². The Kier molecular flexibility index (Phi) is 2.66. The van der Waals surface area contributed by atoms with Crippen LogP contribution in [0.25, 0.3) is 0 Å². The fourth-order valence-corrected chi connectivity index (χ4v) is 2.15. The SMILES string of the molecule is O=C(O)CCS(=O)(=O)c1nnc(C2CC2)o1. The zero-order valence-electron chi connectivity index (χ0n) is 8.29. The van der Waals surface area contributed by atoms with Crippen LogP contribution in [0.1, 0.15) is 31.1 Å². The maximum atomic E-state index is 11.5. The van der Waals surface area contributed by atoms with Crippen LogP contribution in [0.3, 0.4) is 0 Å². The molecule has 1 saturated carbocycles. The van der Waals surface area contributed by atoms with Crippen LogP contribution in [0.4, 0.5) is 0 Å². The van der Waals surface area contributed by atoms with Crippen molar-refractivity contribution in [3.8, 4) is 0 Å². The molecule has 0 radical (unpaired) electrons. The number of sulfone groups is 1. The van der Waals surface area contributed by atoms with E-state index in [1.165, 1.54) is 0 Å². The predicted octanol–water partition coefficient (Wildman–Crippen LogP) is 0.195. The van der Waals surface area contributed by atoms with Gasteiger partial charge >= 0.3 is 11.2 Å². The summed E-state index contributed by atoms with van der Waals surface area (Å²) in [4.78, 5) is 10.3. The second-order valence-corrected chi connectivity index (χ2v) is 5.63. The molecule has 1 N–H and O–H groups in total. The van der Waals surface area contributed by atoms with E-state index < -0.39 is 33.2 Å². The largest absolute Gasteiger partial charge is 0.481 e. The van der Waals surface area contributed by atoms with Gasteiger partial charge in [-0.25, -0.2) is 8.42 Å². The Labute approximate surface area is 91.4 Å². The van der Waals surface area contributed by atoms with Gasteiger partial charge in [-0.05, 0) is 12.8 Å². The van der Waals surface area contributed by atoms with Gasteiger partial charge in [-0.3, -0.25) is 4.79 Å². The van der Waals surface area contributed by atoms with Crippen LogP contribution in [-0.4, -0.2) is 35.4 Å². The maximum Gasteiger partial charge on any atom is 0.335 e. The molecule has 7 nitrogen and oxygen atoms in total. The van der Waals surface area contributed by atoms with E-state index in [1.807, 2.05) is 0 Å². The number of aliphatic carboxylic acids is 1. The molecule has 2 rings (SSSR count). The van der Waals surface area contributed by atoms with Crippen molar-refractivity contribution in [1.82, 2.24) is 10.2 Å². The van der Waals surface area contributed by atoms with Crippen LogP contribution in [-0.2, 0) is 14.6 Å². The van der Waals surface area contributed by atoms with Gasteiger partial charge in [0.15, 0.2) is 0 Å². The molecule has 0 saturated heterocycles. The predicted molar refractivity (Wildman–Crippen MR) is 50.6 cm³/mol. The Balaban J connectivity index is 2.11. The standard InChI is InChI=1S/C8H10N2O5S/c11-6(12)3-4-16(13,14)8-10-9-7(15-8)5-1-2-5/h5H,1-4H2,(H,11,12). The van der Waals surface area contributed by atoms with Crippen LogP contribution < -0.4 is 0 Å². The molecular formula is C8H10N2O5S. The Morgan fingerprint density at radius 1 is 1.44 bits per heavy atom. The highest BCUT2D eigenvalue weighted by atomic mass is 32.2. The summed E-state index contributed by atoms with van der Waals surface area (Å²) in [5.74, 6) is -1.19. The summed E-state index contributed by atoms with van der Waals surface area (Å²) in [6.45, 7) is 0. The smallest absolute Gasteiger partial charge is 0.335 e. The fraction of sp³-hybridized carbons (Fsp3) is 0.625. The van der Waals surface area contributed by atoms with E-state index in [0.29, 0.717) is 5.89 Å². The molecule has 0 aliphatic heterocycles. The summed E-state index contributed by atoms with van der Waals surface area (Å²) in [7, 11) is -3.76. The van der Waals surface area contributed by atoms with Gasteiger partial charge in [-0.1, -0.05) is 5.10 Å². The lowest BCUT2D eigenvalue weighted by Crippen LogP contribution is -2.11. The Bertz CT molecular complexity index is 502. The van der Waals surface area contributed by atoms with E-state index in [2.05, 4.69) is 10.2 Å². The number of aromatic nitrogens is 2. The first-order valence-electron chi connectivity index (χ1n) is 4.77. The number of rotatable bonds is 5. The highest BCUT2D eigenvalue weighted by Gasteiger charge is 2.32. The average Bonchev–Trinajstić information content (AvgIpc) is 2.93. The molecule has 0 unspecified atom stereocenters. The molecule has 0 atom stereocenters. The third-order valence-electron chi connectivity index (χ3n) is 2.20. The van der Waals surface area contributed by atoms with Gasteiger partial charge < -0.3 is 9.52 Å². The van der Waals surface area contributed by atoms with E-state index in [4.69, 9.17) is 9.52 Å². The second-order valence-electron chi connectivity index (χ2n) is 3.64. The van der Waals surface area contributed by atoms with Crippen molar-refractivity contribution in [2.45, 2.75) is 30.4 Å². The summed E-state index contributed by atoms with van der Waals surface area (Å²) in [5.41, 5.74) is 0. The van der Waals surface area contributed by atoms with Gasteiger partial charge in [0, 0.05) is 5.92 Å². The topological polar surface area (TPSA) is 110 Å².